The summed E-state index contributed by atoms with van der Waals surface area (Å²) >= 11 is 0. The quantitative estimate of drug-likeness (QED) is 0.739. The molecular formula is C13H20N2. The van der Waals surface area contributed by atoms with E-state index in [1.807, 2.05) is 6.92 Å². The highest BCUT2D eigenvalue weighted by Crippen LogP contribution is 2.33. The molecule has 0 heterocycles. The third-order valence-corrected chi connectivity index (χ3v) is 3.36. The molecule has 2 atom stereocenters. The first-order valence-corrected chi connectivity index (χ1v) is 5.79. The first-order chi connectivity index (χ1) is 7.20. The second-order valence-corrected chi connectivity index (χ2v) is 4.58. The van der Waals surface area contributed by atoms with Crippen LogP contribution in [0.3, 0.4) is 0 Å². The fourth-order valence-electron chi connectivity index (χ4n) is 2.00. The van der Waals surface area contributed by atoms with E-state index in [0.717, 1.165) is 29.8 Å². The van der Waals surface area contributed by atoms with Crippen LogP contribution in [0.5, 0.6) is 0 Å². The molecule has 0 radical (unpaired) electrons. The highest BCUT2D eigenvalue weighted by molar-refractivity contribution is 5.48. The average Bonchev–Trinajstić information content (AvgIpc) is 2.98. The van der Waals surface area contributed by atoms with Crippen molar-refractivity contribution in [1.82, 2.24) is 5.32 Å². The Morgan fingerprint density at radius 2 is 2.27 bits per heavy atom. The second-order valence-electron chi connectivity index (χ2n) is 4.58. The zero-order valence-electron chi connectivity index (χ0n) is 9.59. The minimum atomic E-state index is 0.748. The predicted octanol–water partition coefficient (Wildman–Crippen LogP) is 2.47. The Bertz CT molecular complexity index is 346. The molecule has 1 aromatic carbocycles. The molecule has 1 aliphatic carbocycles. The lowest BCUT2D eigenvalue weighted by Crippen LogP contribution is -2.17. The van der Waals surface area contributed by atoms with E-state index >= 15 is 0 Å². The molecule has 0 aliphatic heterocycles. The van der Waals surface area contributed by atoms with E-state index in [4.69, 9.17) is 5.73 Å². The van der Waals surface area contributed by atoms with Gasteiger partial charge in [0.05, 0.1) is 0 Å². The molecule has 0 amide bonds. The van der Waals surface area contributed by atoms with Crippen molar-refractivity contribution in [2.45, 2.75) is 39.3 Å². The zero-order chi connectivity index (χ0) is 10.8. The summed E-state index contributed by atoms with van der Waals surface area (Å²) in [5.41, 5.74) is 9.22. The molecule has 2 unspecified atom stereocenters. The first kappa shape index (κ1) is 10.5. The van der Waals surface area contributed by atoms with Crippen LogP contribution in [0.15, 0.2) is 18.2 Å². The zero-order valence-corrected chi connectivity index (χ0v) is 9.59. The van der Waals surface area contributed by atoms with Gasteiger partial charge in [0, 0.05) is 18.3 Å². The monoisotopic (exact) mass is 204 g/mol. The molecule has 2 heteroatoms. The summed E-state index contributed by atoms with van der Waals surface area (Å²) in [5, 5.41) is 3.57. The molecule has 0 aromatic heterocycles. The van der Waals surface area contributed by atoms with Gasteiger partial charge in [-0.2, -0.15) is 0 Å². The third-order valence-electron chi connectivity index (χ3n) is 3.36. The number of nitrogens with one attached hydrogen (secondary N) is 1. The van der Waals surface area contributed by atoms with Crippen molar-refractivity contribution in [3.8, 4) is 0 Å². The summed E-state index contributed by atoms with van der Waals surface area (Å²) in [6.45, 7) is 5.25. The minimum Gasteiger partial charge on any atom is -0.399 e. The number of anilines is 1. The maximum atomic E-state index is 5.87. The van der Waals surface area contributed by atoms with E-state index in [2.05, 4.69) is 30.4 Å². The van der Waals surface area contributed by atoms with Gasteiger partial charge in [-0.05, 0) is 36.5 Å². The van der Waals surface area contributed by atoms with Crippen LogP contribution in [0.4, 0.5) is 5.69 Å². The normalized spacial score (nSPS) is 24.1. The average molecular weight is 204 g/mol. The van der Waals surface area contributed by atoms with E-state index < -0.39 is 0 Å². The number of benzene rings is 1. The van der Waals surface area contributed by atoms with E-state index in [9.17, 15) is 0 Å². The standard InChI is InChI=1S/C13H20N2/c1-3-11-7-13(11)15-8-10-5-4-9(2)12(14)6-10/h4-6,11,13,15H,3,7-8,14H2,1-2H3. The van der Waals surface area contributed by atoms with Gasteiger partial charge in [-0.1, -0.05) is 25.5 Å². The van der Waals surface area contributed by atoms with Crippen LogP contribution in [-0.2, 0) is 6.54 Å². The van der Waals surface area contributed by atoms with Crippen molar-refractivity contribution < 1.29 is 0 Å². The lowest BCUT2D eigenvalue weighted by molar-refractivity contribution is 0.623. The fraction of sp³-hybridized carbons (Fsp3) is 0.538. The van der Waals surface area contributed by atoms with Crippen LogP contribution in [0.2, 0.25) is 0 Å². The smallest absolute Gasteiger partial charge is 0.0346 e. The van der Waals surface area contributed by atoms with Gasteiger partial charge in [-0.25, -0.2) is 0 Å². The maximum absolute atomic E-state index is 5.87. The van der Waals surface area contributed by atoms with Gasteiger partial charge in [0.1, 0.15) is 0 Å². The number of hydrogen-bond acceptors (Lipinski definition) is 2. The van der Waals surface area contributed by atoms with Crippen LogP contribution in [0, 0.1) is 12.8 Å². The molecule has 1 aliphatic rings. The number of aryl methyl sites for hydroxylation is 1. The van der Waals surface area contributed by atoms with E-state index in [0.29, 0.717) is 0 Å². The van der Waals surface area contributed by atoms with Crippen molar-refractivity contribution in [3.63, 3.8) is 0 Å². The van der Waals surface area contributed by atoms with Gasteiger partial charge < -0.3 is 11.1 Å². The molecule has 1 aromatic rings. The minimum absolute atomic E-state index is 0.748. The second kappa shape index (κ2) is 4.23. The molecule has 82 valence electrons. The molecule has 0 spiro atoms. The van der Waals surface area contributed by atoms with Crippen molar-refractivity contribution >= 4 is 5.69 Å². The highest BCUT2D eigenvalue weighted by atomic mass is 15.0. The summed E-state index contributed by atoms with van der Waals surface area (Å²) in [6.07, 6.45) is 2.64. The van der Waals surface area contributed by atoms with Crippen LogP contribution in [-0.4, -0.2) is 6.04 Å². The predicted molar refractivity (Wildman–Crippen MR) is 64.6 cm³/mol. The number of rotatable bonds is 4. The van der Waals surface area contributed by atoms with Gasteiger partial charge in [-0.15, -0.1) is 0 Å². The Hall–Kier alpha value is -1.02. The van der Waals surface area contributed by atoms with Gasteiger partial charge in [-0.3, -0.25) is 0 Å². The van der Waals surface area contributed by atoms with Crippen LogP contribution in [0.25, 0.3) is 0 Å². The Balaban J connectivity index is 1.86. The lowest BCUT2D eigenvalue weighted by Gasteiger charge is -2.06. The van der Waals surface area contributed by atoms with E-state index in [1.165, 1.54) is 18.4 Å². The third kappa shape index (κ3) is 2.51. The summed E-state index contributed by atoms with van der Waals surface area (Å²) in [6, 6.07) is 7.07. The van der Waals surface area contributed by atoms with Crippen LogP contribution in [0.1, 0.15) is 30.9 Å². The van der Waals surface area contributed by atoms with Crippen LogP contribution >= 0.6 is 0 Å². The van der Waals surface area contributed by atoms with Gasteiger partial charge >= 0.3 is 0 Å². The Labute approximate surface area is 91.9 Å². The van der Waals surface area contributed by atoms with E-state index in [1.54, 1.807) is 0 Å². The number of hydrogen-bond donors (Lipinski definition) is 2. The summed E-state index contributed by atoms with van der Waals surface area (Å²) in [5.74, 6) is 0.910. The molecule has 2 nitrogen and oxygen atoms in total. The maximum Gasteiger partial charge on any atom is 0.0346 e. The highest BCUT2D eigenvalue weighted by Gasteiger charge is 2.34. The van der Waals surface area contributed by atoms with Crippen molar-refractivity contribution in [1.29, 1.82) is 0 Å². The summed E-state index contributed by atoms with van der Waals surface area (Å²) < 4.78 is 0. The largest absolute Gasteiger partial charge is 0.399 e. The number of nitrogens with two attached hydrogens (primary N) is 1. The molecule has 3 N–H and O–H groups in total. The SMILES string of the molecule is CCC1CC1NCc1ccc(C)c(N)c1. The van der Waals surface area contributed by atoms with Gasteiger partial charge in [0.2, 0.25) is 0 Å². The molecule has 2 rings (SSSR count). The van der Waals surface area contributed by atoms with Gasteiger partial charge in [0.15, 0.2) is 0 Å². The summed E-state index contributed by atoms with van der Waals surface area (Å²) in [7, 11) is 0. The first-order valence-electron chi connectivity index (χ1n) is 5.79. The van der Waals surface area contributed by atoms with Crippen molar-refractivity contribution in [3.05, 3.63) is 29.3 Å². The Morgan fingerprint density at radius 3 is 2.87 bits per heavy atom. The summed E-state index contributed by atoms with van der Waals surface area (Å²) in [4.78, 5) is 0. The molecule has 0 saturated heterocycles. The van der Waals surface area contributed by atoms with Crippen molar-refractivity contribution in [2.75, 3.05) is 5.73 Å². The Morgan fingerprint density at radius 1 is 1.47 bits per heavy atom. The fourth-order valence-corrected chi connectivity index (χ4v) is 2.00. The molecular weight excluding hydrogens is 184 g/mol. The van der Waals surface area contributed by atoms with Gasteiger partial charge in [0.25, 0.3) is 0 Å². The molecule has 0 bridgehead atoms. The lowest BCUT2D eigenvalue weighted by atomic mass is 10.1. The molecule has 1 fully saturated rings. The van der Waals surface area contributed by atoms with Crippen LogP contribution < -0.4 is 11.1 Å². The van der Waals surface area contributed by atoms with E-state index in [-0.39, 0.29) is 0 Å². The molecule has 15 heavy (non-hydrogen) atoms. The number of nitrogen functional groups attached to an aromatic ring is 1. The Kier molecular flexibility index (Phi) is 2.96. The molecule has 1 saturated carbocycles. The van der Waals surface area contributed by atoms with Crippen molar-refractivity contribution in [2.24, 2.45) is 5.92 Å². The topological polar surface area (TPSA) is 38.0 Å².